The van der Waals surface area contributed by atoms with Crippen LogP contribution in [0, 0.1) is 0 Å². The van der Waals surface area contributed by atoms with E-state index in [1.54, 1.807) is 4.83 Å². The fourth-order valence-electron chi connectivity index (χ4n) is 2.70. The molecule has 0 aromatic heterocycles. The van der Waals surface area contributed by atoms with Gasteiger partial charge in [0.2, 0.25) is 0 Å². The molecule has 1 aromatic carbocycles. The number of hydrogen-bond acceptors (Lipinski definition) is 5. The summed E-state index contributed by atoms with van der Waals surface area (Å²) >= 11 is 0. The Labute approximate surface area is 180 Å². The predicted octanol–water partition coefficient (Wildman–Crippen LogP) is 4.27. The molecule has 16 heteroatoms. The summed E-state index contributed by atoms with van der Waals surface area (Å²) in [6, 6.07) is 6.58. The lowest BCUT2D eigenvalue weighted by Crippen LogP contribution is -2.64. The number of sulfonamides is 1. The first-order chi connectivity index (χ1) is 14.9. The summed E-state index contributed by atoms with van der Waals surface area (Å²) in [5.41, 5.74) is -0.421. The molecule has 0 radical (unpaired) electrons. The molecule has 0 saturated heterocycles. The number of nitrogens with one attached hydrogen (secondary N) is 1. The number of benzene rings is 1. The minimum absolute atomic E-state index is 0.142. The molecule has 0 heterocycles. The molecule has 1 fully saturated rings. The Kier molecular flexibility index (Phi) is 7.31. The van der Waals surface area contributed by atoms with Gasteiger partial charge in [0.05, 0.1) is 10.6 Å². The summed E-state index contributed by atoms with van der Waals surface area (Å²) in [6.07, 6.45) is -9.06. The van der Waals surface area contributed by atoms with Crippen molar-refractivity contribution in [2.75, 3.05) is 0 Å². The van der Waals surface area contributed by atoms with E-state index in [0.29, 0.717) is 0 Å². The maximum absolute atomic E-state index is 13.7. The number of esters is 1. The Morgan fingerprint density at radius 1 is 0.939 bits per heavy atom. The monoisotopic (exact) mass is 514 g/mol. The lowest BCUT2D eigenvalue weighted by Gasteiger charge is -2.33. The second kappa shape index (κ2) is 9.02. The van der Waals surface area contributed by atoms with E-state index in [1.165, 1.54) is 30.3 Å². The summed E-state index contributed by atoms with van der Waals surface area (Å²) < 4.78 is 145. The van der Waals surface area contributed by atoms with Gasteiger partial charge in [-0.05, 0) is 37.8 Å². The zero-order chi connectivity index (χ0) is 25.3. The van der Waals surface area contributed by atoms with Gasteiger partial charge >= 0.3 is 29.9 Å². The van der Waals surface area contributed by atoms with Crippen LogP contribution in [-0.2, 0) is 19.6 Å². The van der Waals surface area contributed by atoms with Crippen molar-refractivity contribution in [1.82, 2.24) is 4.83 Å². The molecule has 1 aromatic rings. The topological polar surface area (TPSA) is 84.8 Å². The fourth-order valence-corrected chi connectivity index (χ4v) is 3.55. The van der Waals surface area contributed by atoms with Crippen LogP contribution in [0.5, 0.6) is 0 Å². The number of nitrogens with zero attached hydrogens (tertiary/aromatic N) is 1. The fraction of sp³-hybridized carbons (Fsp3) is 0.529. The van der Waals surface area contributed by atoms with Crippen molar-refractivity contribution < 1.29 is 57.5 Å². The van der Waals surface area contributed by atoms with Crippen LogP contribution in [0.2, 0.25) is 0 Å². The van der Waals surface area contributed by atoms with E-state index >= 15 is 0 Å². The number of hydrazone groups is 1. The van der Waals surface area contributed by atoms with Crippen molar-refractivity contribution in [3.63, 3.8) is 0 Å². The third-order valence-corrected chi connectivity index (χ3v) is 5.76. The Balaban J connectivity index is 2.25. The van der Waals surface area contributed by atoms with Gasteiger partial charge in [0.25, 0.3) is 10.0 Å². The van der Waals surface area contributed by atoms with Crippen molar-refractivity contribution in [3.05, 3.63) is 30.3 Å². The third kappa shape index (κ3) is 5.19. The quantitative estimate of drug-likeness (QED) is 0.335. The molecule has 0 spiro atoms. The van der Waals surface area contributed by atoms with Crippen LogP contribution in [0.15, 0.2) is 40.3 Å². The largest absolute Gasteiger partial charge is 0.460 e. The average molecular weight is 514 g/mol. The van der Waals surface area contributed by atoms with Crippen LogP contribution in [0.25, 0.3) is 0 Å². The van der Waals surface area contributed by atoms with Gasteiger partial charge in [-0.25, -0.2) is 4.79 Å². The van der Waals surface area contributed by atoms with E-state index in [4.69, 9.17) is 0 Å². The minimum atomic E-state index is -7.25. The molecular formula is C17H15F9N2O4S. The van der Waals surface area contributed by atoms with E-state index in [-0.39, 0.29) is 30.6 Å². The van der Waals surface area contributed by atoms with Crippen LogP contribution in [0.4, 0.5) is 39.5 Å². The highest BCUT2D eigenvalue weighted by molar-refractivity contribution is 7.89. The van der Waals surface area contributed by atoms with Gasteiger partial charge in [-0.1, -0.05) is 18.2 Å². The van der Waals surface area contributed by atoms with E-state index in [0.717, 1.165) is 0 Å². The average Bonchev–Trinajstić information content (AvgIpc) is 2.72. The van der Waals surface area contributed by atoms with Crippen molar-refractivity contribution in [2.24, 2.45) is 5.10 Å². The highest BCUT2D eigenvalue weighted by atomic mass is 32.2. The number of carbonyl (C=O) groups is 1. The van der Waals surface area contributed by atoms with Crippen LogP contribution >= 0.6 is 0 Å². The van der Waals surface area contributed by atoms with Gasteiger partial charge in [0.1, 0.15) is 6.10 Å². The molecule has 0 amide bonds. The van der Waals surface area contributed by atoms with Crippen molar-refractivity contribution >= 4 is 21.7 Å². The molecular weight excluding hydrogens is 499 g/mol. The van der Waals surface area contributed by atoms with Gasteiger partial charge in [-0.15, -0.1) is 0 Å². The van der Waals surface area contributed by atoms with Crippen LogP contribution < -0.4 is 4.83 Å². The highest BCUT2D eigenvalue weighted by Gasteiger charge is 2.84. The first-order valence-electron chi connectivity index (χ1n) is 8.99. The number of rotatable bonds is 7. The van der Waals surface area contributed by atoms with Gasteiger partial charge in [-0.3, -0.25) is 0 Å². The second-order valence-corrected chi connectivity index (χ2v) is 8.53. The lowest BCUT2D eigenvalue weighted by molar-refractivity contribution is -0.391. The predicted molar refractivity (Wildman–Crippen MR) is 93.4 cm³/mol. The minimum Gasteiger partial charge on any atom is -0.452 e. The van der Waals surface area contributed by atoms with Gasteiger partial charge in [0.15, 0.2) is 0 Å². The van der Waals surface area contributed by atoms with Gasteiger partial charge < -0.3 is 4.74 Å². The molecule has 1 saturated carbocycles. The SMILES string of the molecule is O=C(OC1CCCC/C1=N\NS(=O)(=O)c1ccccc1)C(F)(F)C(F)(F)C(F)(F)C(F)(F)F. The molecule has 186 valence electrons. The number of alkyl halides is 9. The summed E-state index contributed by atoms with van der Waals surface area (Å²) in [5, 5.41) is 3.44. The third-order valence-electron chi connectivity index (χ3n) is 4.53. The molecule has 0 aliphatic heterocycles. The van der Waals surface area contributed by atoms with E-state index < -0.39 is 51.8 Å². The molecule has 33 heavy (non-hydrogen) atoms. The molecule has 1 unspecified atom stereocenters. The number of halogens is 9. The summed E-state index contributed by atoms with van der Waals surface area (Å²) in [6.45, 7) is 0. The van der Waals surface area contributed by atoms with Crippen molar-refractivity contribution in [3.8, 4) is 0 Å². The van der Waals surface area contributed by atoms with Crippen molar-refractivity contribution in [1.29, 1.82) is 0 Å². The molecule has 1 N–H and O–H groups in total. The highest BCUT2D eigenvalue weighted by Crippen LogP contribution is 2.53. The first-order valence-corrected chi connectivity index (χ1v) is 10.5. The molecule has 1 atom stereocenters. The molecule has 2 rings (SSSR count). The molecule has 6 nitrogen and oxygen atoms in total. The van der Waals surface area contributed by atoms with E-state index in [1.807, 2.05) is 0 Å². The van der Waals surface area contributed by atoms with E-state index in [2.05, 4.69) is 9.84 Å². The number of carbonyl (C=O) groups excluding carboxylic acids is 1. The number of hydrogen-bond donors (Lipinski definition) is 1. The lowest BCUT2D eigenvalue weighted by atomic mass is 9.95. The number of ether oxygens (including phenoxy) is 1. The van der Waals surface area contributed by atoms with Crippen LogP contribution in [0.3, 0.4) is 0 Å². The Morgan fingerprint density at radius 3 is 2.06 bits per heavy atom. The Morgan fingerprint density at radius 2 is 1.52 bits per heavy atom. The Bertz CT molecular complexity index is 995. The summed E-state index contributed by atoms with van der Waals surface area (Å²) in [7, 11) is -4.27. The second-order valence-electron chi connectivity index (χ2n) is 6.87. The summed E-state index contributed by atoms with van der Waals surface area (Å²) in [5.74, 6) is -24.3. The van der Waals surface area contributed by atoms with Crippen LogP contribution in [-0.4, -0.2) is 50.1 Å². The first kappa shape index (κ1) is 26.7. The normalized spacial score (nSPS) is 19.9. The zero-order valence-electron chi connectivity index (χ0n) is 16.2. The molecule has 1 aliphatic carbocycles. The standard InChI is InChI=1S/C17H15F9N2O4S/c18-14(19,15(20,21)16(22,23)17(24,25)26)13(29)32-12-9-5-4-8-11(12)27-28-33(30,31)10-6-2-1-3-7-10/h1-3,6-7,12,28H,4-5,8-9H2/b27-11+. The maximum Gasteiger partial charge on any atom is 0.460 e. The zero-order valence-corrected chi connectivity index (χ0v) is 17.0. The smallest absolute Gasteiger partial charge is 0.452 e. The van der Waals surface area contributed by atoms with E-state index in [9.17, 15) is 52.7 Å². The Hall–Kier alpha value is -2.52. The summed E-state index contributed by atoms with van der Waals surface area (Å²) in [4.78, 5) is 13.0. The molecule has 0 bridgehead atoms. The van der Waals surface area contributed by atoms with Gasteiger partial charge in [-0.2, -0.15) is 57.9 Å². The van der Waals surface area contributed by atoms with Gasteiger partial charge in [0, 0.05) is 0 Å². The van der Waals surface area contributed by atoms with Crippen LogP contribution in [0.1, 0.15) is 25.7 Å². The maximum atomic E-state index is 13.7. The molecule has 1 aliphatic rings. The van der Waals surface area contributed by atoms with Crippen molar-refractivity contribution in [2.45, 2.75) is 60.6 Å².